The number of aryl methyl sites for hydroxylation is 1. The maximum absolute atomic E-state index is 4.63. The molecule has 1 saturated carbocycles. The zero-order valence-corrected chi connectivity index (χ0v) is 12.9. The summed E-state index contributed by atoms with van der Waals surface area (Å²) in [6.07, 6.45) is 8.05. The molecule has 19 heavy (non-hydrogen) atoms. The molecule has 3 heteroatoms. The summed E-state index contributed by atoms with van der Waals surface area (Å²) in [4.78, 5) is 4.63. The second-order valence-corrected chi connectivity index (χ2v) is 6.39. The zero-order chi connectivity index (χ0) is 13.8. The Labute approximate surface area is 117 Å². The Bertz CT molecular complexity index is 383. The lowest BCUT2D eigenvalue weighted by molar-refractivity contribution is 0.184. The zero-order valence-electron chi connectivity index (χ0n) is 12.9. The first kappa shape index (κ1) is 14.6. The van der Waals surface area contributed by atoms with E-state index < -0.39 is 0 Å². The summed E-state index contributed by atoms with van der Waals surface area (Å²) in [7, 11) is 2.13. The molecule has 0 spiro atoms. The molecule has 0 aromatic carbocycles. The molecule has 3 nitrogen and oxygen atoms in total. The summed E-state index contributed by atoms with van der Waals surface area (Å²) >= 11 is 0. The molecule has 2 rings (SSSR count). The molecule has 0 radical (unpaired) electrons. The quantitative estimate of drug-likeness (QED) is 0.884. The van der Waals surface area contributed by atoms with Crippen LogP contribution in [0.3, 0.4) is 0 Å². The molecule has 1 N–H and O–H groups in total. The van der Waals surface area contributed by atoms with E-state index in [0.717, 1.165) is 30.8 Å². The summed E-state index contributed by atoms with van der Waals surface area (Å²) in [6.45, 7) is 9.13. The van der Waals surface area contributed by atoms with Crippen LogP contribution in [0.4, 0.5) is 0 Å². The van der Waals surface area contributed by atoms with E-state index in [-0.39, 0.29) is 0 Å². The van der Waals surface area contributed by atoms with Crippen LogP contribution in [0.15, 0.2) is 12.4 Å². The molecule has 1 fully saturated rings. The van der Waals surface area contributed by atoms with E-state index in [1.165, 1.54) is 25.1 Å². The fourth-order valence-electron chi connectivity index (χ4n) is 3.50. The minimum Gasteiger partial charge on any atom is -0.338 e. The normalized spacial score (nSPS) is 27.9. The lowest BCUT2D eigenvalue weighted by Gasteiger charge is -2.37. The predicted molar refractivity (Wildman–Crippen MR) is 80.2 cm³/mol. The molecular weight excluding hydrogens is 234 g/mol. The molecule has 108 valence electrons. The summed E-state index contributed by atoms with van der Waals surface area (Å²) in [6, 6.07) is 0. The average molecular weight is 263 g/mol. The van der Waals surface area contributed by atoms with Crippen LogP contribution in [0.2, 0.25) is 0 Å². The minimum atomic E-state index is 0.625. The Morgan fingerprint density at radius 1 is 1.42 bits per heavy atom. The molecule has 1 aromatic rings. The van der Waals surface area contributed by atoms with Gasteiger partial charge in [0.1, 0.15) is 5.82 Å². The van der Waals surface area contributed by atoms with Gasteiger partial charge in [-0.05, 0) is 50.1 Å². The van der Waals surface area contributed by atoms with Gasteiger partial charge in [-0.25, -0.2) is 4.98 Å². The first-order valence-corrected chi connectivity index (χ1v) is 7.81. The van der Waals surface area contributed by atoms with Crippen molar-refractivity contribution < 1.29 is 0 Å². The van der Waals surface area contributed by atoms with E-state index in [2.05, 4.69) is 48.9 Å². The monoisotopic (exact) mass is 263 g/mol. The Kier molecular flexibility index (Phi) is 5.03. The number of imidazole rings is 1. The van der Waals surface area contributed by atoms with Gasteiger partial charge in [0.2, 0.25) is 0 Å². The van der Waals surface area contributed by atoms with Gasteiger partial charge >= 0.3 is 0 Å². The number of rotatable bonds is 5. The van der Waals surface area contributed by atoms with Gasteiger partial charge in [-0.1, -0.05) is 20.8 Å². The summed E-state index contributed by atoms with van der Waals surface area (Å²) < 4.78 is 2.21. The van der Waals surface area contributed by atoms with Crippen LogP contribution in [-0.2, 0) is 7.05 Å². The molecule has 1 aromatic heterocycles. The van der Waals surface area contributed by atoms with Crippen LogP contribution in [0.25, 0.3) is 0 Å². The highest BCUT2D eigenvalue weighted by Crippen LogP contribution is 2.42. The average Bonchev–Trinajstić information content (AvgIpc) is 2.82. The van der Waals surface area contributed by atoms with E-state index in [9.17, 15) is 0 Å². The standard InChI is InChI=1S/C16H29N3/c1-5-17-11-14-7-6-13(12(2)3)10-15(14)16-18-8-9-19(16)4/h8-9,12-15,17H,5-7,10-11H2,1-4H3. The van der Waals surface area contributed by atoms with Crippen molar-refractivity contribution in [2.75, 3.05) is 13.1 Å². The van der Waals surface area contributed by atoms with E-state index in [1.807, 2.05) is 6.20 Å². The molecule has 1 heterocycles. The first-order chi connectivity index (χ1) is 9.13. The van der Waals surface area contributed by atoms with Gasteiger partial charge in [0.05, 0.1) is 0 Å². The maximum atomic E-state index is 4.63. The van der Waals surface area contributed by atoms with Crippen molar-refractivity contribution >= 4 is 0 Å². The topological polar surface area (TPSA) is 29.9 Å². The van der Waals surface area contributed by atoms with Crippen LogP contribution < -0.4 is 5.32 Å². The third-order valence-electron chi connectivity index (χ3n) is 4.82. The molecule has 1 aliphatic rings. The molecule has 0 amide bonds. The Balaban J connectivity index is 2.13. The Morgan fingerprint density at radius 3 is 2.79 bits per heavy atom. The summed E-state index contributed by atoms with van der Waals surface area (Å²) in [5.41, 5.74) is 0. The number of hydrogen-bond acceptors (Lipinski definition) is 2. The van der Waals surface area contributed by atoms with Crippen molar-refractivity contribution in [2.45, 2.75) is 46.0 Å². The summed E-state index contributed by atoms with van der Waals surface area (Å²) in [5, 5.41) is 3.54. The van der Waals surface area contributed by atoms with Crippen molar-refractivity contribution in [3.63, 3.8) is 0 Å². The van der Waals surface area contributed by atoms with Crippen LogP contribution in [0.5, 0.6) is 0 Å². The number of nitrogens with one attached hydrogen (secondary N) is 1. The molecule has 0 aliphatic heterocycles. The highest BCUT2D eigenvalue weighted by atomic mass is 15.0. The SMILES string of the molecule is CCNCC1CCC(C(C)C)CC1c1nccn1C. The van der Waals surface area contributed by atoms with Gasteiger partial charge in [0.25, 0.3) is 0 Å². The van der Waals surface area contributed by atoms with Crippen molar-refractivity contribution in [2.24, 2.45) is 24.8 Å². The molecular formula is C16H29N3. The number of hydrogen-bond donors (Lipinski definition) is 1. The smallest absolute Gasteiger partial charge is 0.111 e. The third-order valence-corrected chi connectivity index (χ3v) is 4.82. The van der Waals surface area contributed by atoms with E-state index in [1.54, 1.807) is 0 Å². The molecule has 0 saturated heterocycles. The number of nitrogens with zero attached hydrogens (tertiary/aromatic N) is 2. The van der Waals surface area contributed by atoms with Gasteiger partial charge in [-0.3, -0.25) is 0 Å². The largest absolute Gasteiger partial charge is 0.338 e. The molecule has 0 bridgehead atoms. The fraction of sp³-hybridized carbons (Fsp3) is 0.812. The van der Waals surface area contributed by atoms with Crippen LogP contribution in [0.1, 0.15) is 51.8 Å². The predicted octanol–water partition coefficient (Wildman–Crippen LogP) is 3.19. The van der Waals surface area contributed by atoms with Gasteiger partial charge < -0.3 is 9.88 Å². The highest BCUT2D eigenvalue weighted by molar-refractivity contribution is 5.05. The van der Waals surface area contributed by atoms with Gasteiger partial charge in [0, 0.05) is 25.4 Å². The molecule has 1 aliphatic carbocycles. The second-order valence-electron chi connectivity index (χ2n) is 6.39. The van der Waals surface area contributed by atoms with Gasteiger partial charge in [0.15, 0.2) is 0 Å². The lowest BCUT2D eigenvalue weighted by atomic mass is 9.70. The van der Waals surface area contributed by atoms with Crippen molar-refractivity contribution in [3.8, 4) is 0 Å². The van der Waals surface area contributed by atoms with Crippen LogP contribution in [-0.4, -0.2) is 22.6 Å². The van der Waals surface area contributed by atoms with Crippen molar-refractivity contribution in [1.82, 2.24) is 14.9 Å². The van der Waals surface area contributed by atoms with E-state index in [0.29, 0.717) is 5.92 Å². The first-order valence-electron chi connectivity index (χ1n) is 7.81. The van der Waals surface area contributed by atoms with Crippen LogP contribution in [0, 0.1) is 17.8 Å². The fourth-order valence-corrected chi connectivity index (χ4v) is 3.50. The van der Waals surface area contributed by atoms with E-state index >= 15 is 0 Å². The number of aromatic nitrogens is 2. The lowest BCUT2D eigenvalue weighted by Crippen LogP contribution is -2.34. The van der Waals surface area contributed by atoms with Crippen molar-refractivity contribution in [3.05, 3.63) is 18.2 Å². The minimum absolute atomic E-state index is 0.625. The van der Waals surface area contributed by atoms with Crippen LogP contribution >= 0.6 is 0 Å². The van der Waals surface area contributed by atoms with Gasteiger partial charge in [-0.2, -0.15) is 0 Å². The second kappa shape index (κ2) is 6.56. The summed E-state index contributed by atoms with van der Waals surface area (Å²) in [5.74, 6) is 4.31. The van der Waals surface area contributed by atoms with E-state index in [4.69, 9.17) is 0 Å². The Morgan fingerprint density at radius 2 is 2.21 bits per heavy atom. The maximum Gasteiger partial charge on any atom is 0.111 e. The molecule has 3 atom stereocenters. The van der Waals surface area contributed by atoms with Crippen molar-refractivity contribution in [1.29, 1.82) is 0 Å². The Hall–Kier alpha value is -0.830. The van der Waals surface area contributed by atoms with Gasteiger partial charge in [-0.15, -0.1) is 0 Å². The molecule has 3 unspecified atom stereocenters. The third kappa shape index (κ3) is 3.38. The highest BCUT2D eigenvalue weighted by Gasteiger charge is 2.34.